The van der Waals surface area contributed by atoms with Gasteiger partial charge in [-0.3, -0.25) is 4.84 Å². The molecule has 0 atom stereocenters. The predicted octanol–water partition coefficient (Wildman–Crippen LogP) is 1.66. The van der Waals surface area contributed by atoms with Gasteiger partial charge in [0.2, 0.25) is 0 Å². The number of benzene rings is 1. The van der Waals surface area contributed by atoms with Crippen molar-refractivity contribution in [2.75, 3.05) is 14.2 Å². The third-order valence-corrected chi connectivity index (χ3v) is 3.72. The summed E-state index contributed by atoms with van der Waals surface area (Å²) in [6.45, 7) is 0. The standard InChI is InChI=1S/C8H9ClFNO3S/c1-11(14-2)15(12,13)8-4-3-6(9)5-7(8)10/h3-5H,1-2H3. The average Bonchev–Trinajstić information content (AvgIpc) is 2.15. The summed E-state index contributed by atoms with van der Waals surface area (Å²) < 4.78 is 37.1. The molecule has 0 radical (unpaired) electrons. The van der Waals surface area contributed by atoms with E-state index >= 15 is 0 Å². The molecule has 0 unspecified atom stereocenters. The quantitative estimate of drug-likeness (QED) is 0.770. The topological polar surface area (TPSA) is 46.6 Å². The lowest BCUT2D eigenvalue weighted by atomic mass is 10.3. The van der Waals surface area contributed by atoms with E-state index in [2.05, 4.69) is 4.84 Å². The summed E-state index contributed by atoms with van der Waals surface area (Å²) in [4.78, 5) is 4.02. The van der Waals surface area contributed by atoms with Crippen molar-refractivity contribution in [1.29, 1.82) is 0 Å². The van der Waals surface area contributed by atoms with E-state index in [1.54, 1.807) is 0 Å². The lowest BCUT2D eigenvalue weighted by Crippen LogP contribution is -2.26. The van der Waals surface area contributed by atoms with Crippen LogP contribution in [0.25, 0.3) is 0 Å². The monoisotopic (exact) mass is 253 g/mol. The van der Waals surface area contributed by atoms with Crippen molar-refractivity contribution in [3.05, 3.63) is 29.0 Å². The highest BCUT2D eigenvalue weighted by atomic mass is 35.5. The van der Waals surface area contributed by atoms with Crippen molar-refractivity contribution in [1.82, 2.24) is 4.47 Å². The lowest BCUT2D eigenvalue weighted by molar-refractivity contribution is -0.0260. The maximum atomic E-state index is 13.3. The van der Waals surface area contributed by atoms with Crippen LogP contribution in [0.4, 0.5) is 4.39 Å². The van der Waals surface area contributed by atoms with E-state index in [1.807, 2.05) is 0 Å². The second kappa shape index (κ2) is 4.44. The minimum absolute atomic E-state index is 0.131. The van der Waals surface area contributed by atoms with E-state index in [9.17, 15) is 12.8 Å². The van der Waals surface area contributed by atoms with Crippen LogP contribution in [0.5, 0.6) is 0 Å². The highest BCUT2D eigenvalue weighted by Crippen LogP contribution is 2.21. The Hall–Kier alpha value is -0.690. The van der Waals surface area contributed by atoms with E-state index in [0.717, 1.165) is 12.1 Å². The van der Waals surface area contributed by atoms with Gasteiger partial charge in [0.1, 0.15) is 10.7 Å². The summed E-state index contributed by atoms with van der Waals surface area (Å²) in [6, 6.07) is 3.31. The molecule has 0 aliphatic rings. The molecule has 4 nitrogen and oxygen atoms in total. The molecular weight excluding hydrogens is 245 g/mol. The van der Waals surface area contributed by atoms with Crippen LogP contribution in [0.15, 0.2) is 23.1 Å². The van der Waals surface area contributed by atoms with Gasteiger partial charge in [0, 0.05) is 12.1 Å². The van der Waals surface area contributed by atoms with Crippen LogP contribution < -0.4 is 0 Å². The highest BCUT2D eigenvalue weighted by molar-refractivity contribution is 7.89. The van der Waals surface area contributed by atoms with Crippen LogP contribution in [-0.2, 0) is 14.9 Å². The van der Waals surface area contributed by atoms with Gasteiger partial charge >= 0.3 is 0 Å². The van der Waals surface area contributed by atoms with Gasteiger partial charge in [-0.15, -0.1) is 0 Å². The summed E-state index contributed by atoms with van der Waals surface area (Å²) >= 11 is 5.50. The normalized spacial score (nSPS) is 12.1. The van der Waals surface area contributed by atoms with Crippen molar-refractivity contribution < 1.29 is 17.6 Å². The van der Waals surface area contributed by atoms with E-state index in [1.165, 1.54) is 20.2 Å². The molecular formula is C8H9ClFNO3S. The Morgan fingerprint density at radius 3 is 2.53 bits per heavy atom. The number of sulfonamides is 1. The fourth-order valence-electron chi connectivity index (χ4n) is 0.921. The molecule has 0 N–H and O–H groups in total. The third-order valence-electron chi connectivity index (χ3n) is 1.77. The molecule has 0 heterocycles. The molecule has 1 aromatic carbocycles. The van der Waals surface area contributed by atoms with E-state index in [0.29, 0.717) is 4.47 Å². The number of nitrogens with zero attached hydrogens (tertiary/aromatic N) is 1. The fourth-order valence-corrected chi connectivity index (χ4v) is 2.10. The maximum Gasteiger partial charge on any atom is 0.267 e. The number of halogens is 2. The lowest BCUT2D eigenvalue weighted by Gasteiger charge is -2.14. The zero-order valence-corrected chi connectivity index (χ0v) is 9.64. The first-order valence-electron chi connectivity index (χ1n) is 3.87. The Morgan fingerprint density at radius 2 is 2.07 bits per heavy atom. The average molecular weight is 254 g/mol. The molecule has 0 fully saturated rings. The molecule has 84 valence electrons. The van der Waals surface area contributed by atoms with Crippen molar-refractivity contribution in [2.45, 2.75) is 4.90 Å². The van der Waals surface area contributed by atoms with Gasteiger partial charge in [0.25, 0.3) is 10.0 Å². The van der Waals surface area contributed by atoms with Crippen molar-refractivity contribution in [3.63, 3.8) is 0 Å². The molecule has 0 saturated carbocycles. The summed E-state index contributed by atoms with van der Waals surface area (Å²) in [6.07, 6.45) is 0. The fraction of sp³-hybridized carbons (Fsp3) is 0.250. The van der Waals surface area contributed by atoms with E-state index in [-0.39, 0.29) is 5.02 Å². The van der Waals surface area contributed by atoms with Crippen molar-refractivity contribution in [2.24, 2.45) is 0 Å². The minimum atomic E-state index is -3.96. The molecule has 1 aromatic rings. The first kappa shape index (κ1) is 12.4. The molecule has 0 aliphatic carbocycles. The first-order valence-corrected chi connectivity index (χ1v) is 5.69. The second-order valence-electron chi connectivity index (χ2n) is 2.67. The maximum absolute atomic E-state index is 13.3. The smallest absolute Gasteiger partial charge is 0.267 e. The molecule has 15 heavy (non-hydrogen) atoms. The van der Waals surface area contributed by atoms with Crippen molar-refractivity contribution >= 4 is 21.6 Å². The van der Waals surface area contributed by atoms with Gasteiger partial charge in [0.05, 0.1) is 7.11 Å². The van der Waals surface area contributed by atoms with E-state index < -0.39 is 20.7 Å². The molecule has 0 bridgehead atoms. The van der Waals surface area contributed by atoms with Crippen LogP contribution in [0.1, 0.15) is 0 Å². The second-order valence-corrected chi connectivity index (χ2v) is 5.01. The van der Waals surface area contributed by atoms with Crippen LogP contribution in [0, 0.1) is 5.82 Å². The largest absolute Gasteiger partial charge is 0.288 e. The zero-order valence-electron chi connectivity index (χ0n) is 8.07. The Kier molecular flexibility index (Phi) is 3.67. The first-order chi connectivity index (χ1) is 6.89. The Balaban J connectivity index is 3.28. The molecule has 0 spiro atoms. The number of hydroxylamine groups is 1. The number of hydrogen-bond acceptors (Lipinski definition) is 3. The van der Waals surface area contributed by atoms with Gasteiger partial charge in [0.15, 0.2) is 0 Å². The van der Waals surface area contributed by atoms with Gasteiger partial charge in [-0.1, -0.05) is 16.1 Å². The molecule has 1 rings (SSSR count). The number of rotatable bonds is 3. The summed E-state index contributed by atoms with van der Waals surface area (Å²) in [5, 5.41) is 0.131. The summed E-state index contributed by atoms with van der Waals surface area (Å²) in [5.41, 5.74) is 0. The molecule has 0 amide bonds. The number of hydrogen-bond donors (Lipinski definition) is 0. The van der Waals surface area contributed by atoms with Gasteiger partial charge in [-0.05, 0) is 18.2 Å². The van der Waals surface area contributed by atoms with Crippen LogP contribution >= 0.6 is 11.6 Å². The van der Waals surface area contributed by atoms with Gasteiger partial charge in [-0.2, -0.15) is 0 Å². The Bertz CT molecular complexity index is 463. The van der Waals surface area contributed by atoms with Crippen molar-refractivity contribution in [3.8, 4) is 0 Å². The zero-order chi connectivity index (χ0) is 11.6. The summed E-state index contributed by atoms with van der Waals surface area (Å²) in [5.74, 6) is -0.911. The Morgan fingerprint density at radius 1 is 1.47 bits per heavy atom. The predicted molar refractivity (Wildman–Crippen MR) is 53.4 cm³/mol. The van der Waals surface area contributed by atoms with Crippen LogP contribution in [0.2, 0.25) is 5.02 Å². The molecule has 0 aliphatic heterocycles. The van der Waals surface area contributed by atoms with Crippen LogP contribution in [-0.4, -0.2) is 27.0 Å². The van der Waals surface area contributed by atoms with Gasteiger partial charge < -0.3 is 0 Å². The van der Waals surface area contributed by atoms with Gasteiger partial charge in [-0.25, -0.2) is 12.8 Å². The SMILES string of the molecule is CON(C)S(=O)(=O)c1ccc(Cl)cc1F. The molecule has 0 saturated heterocycles. The highest BCUT2D eigenvalue weighted by Gasteiger charge is 2.24. The minimum Gasteiger partial charge on any atom is -0.288 e. The molecule has 7 heteroatoms. The van der Waals surface area contributed by atoms with Crippen LogP contribution in [0.3, 0.4) is 0 Å². The summed E-state index contributed by atoms with van der Waals surface area (Å²) in [7, 11) is -1.62. The molecule has 0 aromatic heterocycles. The Labute approximate surface area is 92.2 Å². The third kappa shape index (κ3) is 2.46. The van der Waals surface area contributed by atoms with E-state index in [4.69, 9.17) is 11.6 Å².